The third-order valence-corrected chi connectivity index (χ3v) is 5.91. The van der Waals surface area contributed by atoms with Crippen molar-refractivity contribution in [1.82, 2.24) is 4.90 Å². The molecular weight excluding hydrogens is 418 g/mol. The van der Waals surface area contributed by atoms with Crippen molar-refractivity contribution >= 4 is 40.4 Å². The van der Waals surface area contributed by atoms with Crippen LogP contribution in [0, 0.1) is 22.0 Å². The molecule has 2 aromatic rings. The Kier molecular flexibility index (Phi) is 5.54. The number of nitro groups is 1. The molecule has 2 amide bonds. The number of rotatable bonds is 4. The van der Waals surface area contributed by atoms with E-state index in [4.69, 9.17) is 11.6 Å². The highest BCUT2D eigenvalue weighted by atomic mass is 35.5. The van der Waals surface area contributed by atoms with Crippen LogP contribution in [0.25, 0.3) is 5.57 Å². The zero-order valence-corrected chi connectivity index (χ0v) is 18.0. The Balaban J connectivity index is 1.83. The van der Waals surface area contributed by atoms with Gasteiger partial charge < -0.3 is 4.90 Å². The van der Waals surface area contributed by atoms with Crippen molar-refractivity contribution in [3.8, 4) is 0 Å². The summed E-state index contributed by atoms with van der Waals surface area (Å²) in [5.74, 6) is -0.112. The van der Waals surface area contributed by atoms with Crippen LogP contribution in [0.1, 0.15) is 25.8 Å². The summed E-state index contributed by atoms with van der Waals surface area (Å²) in [6.45, 7) is 5.59. The van der Waals surface area contributed by atoms with Crippen LogP contribution in [-0.2, 0) is 9.59 Å². The van der Waals surface area contributed by atoms with Gasteiger partial charge in [0.1, 0.15) is 5.70 Å². The van der Waals surface area contributed by atoms with Gasteiger partial charge in [-0.1, -0.05) is 31.5 Å². The van der Waals surface area contributed by atoms with Gasteiger partial charge in [0.2, 0.25) is 0 Å². The highest BCUT2D eigenvalue weighted by Gasteiger charge is 2.43. The van der Waals surface area contributed by atoms with Crippen LogP contribution >= 0.6 is 11.6 Å². The first kappa shape index (κ1) is 21.1. The fourth-order valence-corrected chi connectivity index (χ4v) is 4.70. The second-order valence-corrected chi connectivity index (χ2v) is 8.74. The molecule has 31 heavy (non-hydrogen) atoms. The number of anilines is 1. The minimum Gasteiger partial charge on any atom is -0.366 e. The van der Waals surface area contributed by atoms with Gasteiger partial charge in [-0.05, 0) is 54.2 Å². The number of halogens is 1. The van der Waals surface area contributed by atoms with Gasteiger partial charge in [0.05, 0.1) is 16.2 Å². The van der Waals surface area contributed by atoms with Gasteiger partial charge in [-0.15, -0.1) is 0 Å². The van der Waals surface area contributed by atoms with Crippen molar-refractivity contribution in [3.05, 3.63) is 74.9 Å². The molecule has 2 aromatic carbocycles. The number of hydrogen-bond donors (Lipinski definition) is 0. The minimum atomic E-state index is -0.493. The summed E-state index contributed by atoms with van der Waals surface area (Å²) in [7, 11) is 0. The van der Waals surface area contributed by atoms with Crippen molar-refractivity contribution in [2.24, 2.45) is 11.8 Å². The summed E-state index contributed by atoms with van der Waals surface area (Å²) in [6, 6.07) is 12.4. The first-order valence-corrected chi connectivity index (χ1v) is 10.5. The minimum absolute atomic E-state index is 0.0745. The molecule has 0 radical (unpaired) electrons. The second kappa shape index (κ2) is 8.15. The first-order valence-electron chi connectivity index (χ1n) is 10.1. The molecule has 0 N–H and O–H groups in total. The van der Waals surface area contributed by atoms with Crippen LogP contribution in [0.3, 0.4) is 0 Å². The number of carbonyl (C=O) groups excluding carboxylic acids is 2. The van der Waals surface area contributed by atoms with E-state index in [1.807, 2.05) is 4.90 Å². The summed E-state index contributed by atoms with van der Waals surface area (Å²) in [6.07, 6.45) is 1.05. The molecular formula is C23H22ClN3O4. The molecule has 0 bridgehead atoms. The fourth-order valence-electron chi connectivity index (χ4n) is 4.52. The number of carbonyl (C=O) groups is 2. The zero-order chi connectivity index (χ0) is 22.3. The second-order valence-electron chi connectivity index (χ2n) is 8.30. The van der Waals surface area contributed by atoms with Crippen molar-refractivity contribution < 1.29 is 14.5 Å². The summed E-state index contributed by atoms with van der Waals surface area (Å²) in [5.41, 5.74) is 1.41. The summed E-state index contributed by atoms with van der Waals surface area (Å²) in [5, 5.41) is 11.5. The molecule has 0 spiro atoms. The molecule has 8 heteroatoms. The predicted molar refractivity (Wildman–Crippen MR) is 118 cm³/mol. The van der Waals surface area contributed by atoms with E-state index in [9.17, 15) is 19.7 Å². The van der Waals surface area contributed by atoms with Crippen molar-refractivity contribution in [2.45, 2.75) is 20.3 Å². The Morgan fingerprint density at radius 2 is 1.65 bits per heavy atom. The maximum absolute atomic E-state index is 13.6. The number of nitrogens with zero attached hydrogens (tertiary/aromatic N) is 3. The van der Waals surface area contributed by atoms with E-state index < -0.39 is 16.7 Å². The van der Waals surface area contributed by atoms with E-state index in [0.29, 0.717) is 46.9 Å². The lowest BCUT2D eigenvalue weighted by molar-refractivity contribution is -0.384. The number of non-ortho nitro benzene ring substituents is 1. The van der Waals surface area contributed by atoms with E-state index in [1.165, 1.54) is 24.3 Å². The molecule has 4 rings (SSSR count). The van der Waals surface area contributed by atoms with Crippen LogP contribution < -0.4 is 4.90 Å². The van der Waals surface area contributed by atoms with Gasteiger partial charge in [-0.3, -0.25) is 19.7 Å². The Hall–Kier alpha value is -3.19. The summed E-state index contributed by atoms with van der Waals surface area (Å²) < 4.78 is 0. The number of amides is 2. The van der Waals surface area contributed by atoms with E-state index in [0.717, 1.165) is 11.3 Å². The quantitative estimate of drug-likeness (QED) is 0.397. The van der Waals surface area contributed by atoms with Gasteiger partial charge in [0, 0.05) is 30.2 Å². The van der Waals surface area contributed by atoms with Crippen molar-refractivity contribution in [3.63, 3.8) is 0 Å². The zero-order valence-electron chi connectivity index (χ0n) is 17.2. The maximum atomic E-state index is 13.6. The van der Waals surface area contributed by atoms with Crippen LogP contribution in [0.4, 0.5) is 11.4 Å². The Morgan fingerprint density at radius 3 is 2.23 bits per heavy atom. The maximum Gasteiger partial charge on any atom is 0.282 e. The standard InChI is InChI=1S/C23H22ClN3O4/c1-14-10-15(2)13-25(12-14)21-20(16-6-8-18(9-7-16)27(30)31)22(28)26(23(21)29)19-5-3-4-17(24)11-19/h3-9,11,14-15H,10,12-13H2,1-2H3. The molecule has 0 aliphatic carbocycles. The van der Waals surface area contributed by atoms with E-state index in [-0.39, 0.29) is 11.3 Å². The number of hydrogen-bond acceptors (Lipinski definition) is 5. The molecule has 2 heterocycles. The molecule has 7 nitrogen and oxygen atoms in total. The molecule has 0 saturated carbocycles. The topological polar surface area (TPSA) is 83.8 Å². The lowest BCUT2D eigenvalue weighted by atomic mass is 9.91. The smallest absolute Gasteiger partial charge is 0.282 e. The normalized spacial score (nSPS) is 21.8. The average molecular weight is 440 g/mol. The number of piperidine rings is 1. The number of benzene rings is 2. The first-order chi connectivity index (χ1) is 14.8. The van der Waals surface area contributed by atoms with Gasteiger partial charge in [0.15, 0.2) is 0 Å². The molecule has 2 aliphatic rings. The monoisotopic (exact) mass is 439 g/mol. The SMILES string of the molecule is CC1CC(C)CN(C2=C(c3ccc([N+](=O)[O-])cc3)C(=O)N(c3cccc(Cl)c3)C2=O)C1. The molecule has 2 atom stereocenters. The third kappa shape index (κ3) is 3.93. The molecule has 2 aliphatic heterocycles. The molecule has 160 valence electrons. The Labute approximate surface area is 185 Å². The number of nitro benzene ring substituents is 1. The van der Waals surface area contributed by atoms with E-state index in [1.54, 1.807) is 24.3 Å². The lowest BCUT2D eigenvalue weighted by Gasteiger charge is -2.37. The highest BCUT2D eigenvalue weighted by Crippen LogP contribution is 2.38. The summed E-state index contributed by atoms with van der Waals surface area (Å²) >= 11 is 6.11. The molecule has 2 unspecified atom stereocenters. The third-order valence-electron chi connectivity index (χ3n) is 5.68. The van der Waals surface area contributed by atoms with Crippen LogP contribution in [0.5, 0.6) is 0 Å². The Morgan fingerprint density at radius 1 is 1.00 bits per heavy atom. The number of likely N-dealkylation sites (tertiary alicyclic amines) is 1. The largest absolute Gasteiger partial charge is 0.366 e. The molecule has 1 fully saturated rings. The van der Waals surface area contributed by atoms with Crippen LogP contribution in [0.2, 0.25) is 5.02 Å². The van der Waals surface area contributed by atoms with Gasteiger partial charge in [-0.25, -0.2) is 4.90 Å². The highest BCUT2D eigenvalue weighted by molar-refractivity contribution is 6.45. The van der Waals surface area contributed by atoms with Crippen molar-refractivity contribution in [2.75, 3.05) is 18.0 Å². The van der Waals surface area contributed by atoms with E-state index >= 15 is 0 Å². The number of imide groups is 1. The molecule has 0 aromatic heterocycles. The summed E-state index contributed by atoms with van der Waals surface area (Å²) in [4.78, 5) is 40.7. The van der Waals surface area contributed by atoms with Crippen LogP contribution in [-0.4, -0.2) is 34.7 Å². The van der Waals surface area contributed by atoms with Gasteiger partial charge in [0.25, 0.3) is 17.5 Å². The molecule has 1 saturated heterocycles. The fraction of sp³-hybridized carbons (Fsp3) is 0.304. The van der Waals surface area contributed by atoms with Crippen LogP contribution in [0.15, 0.2) is 54.2 Å². The van der Waals surface area contributed by atoms with Gasteiger partial charge in [-0.2, -0.15) is 0 Å². The van der Waals surface area contributed by atoms with E-state index in [2.05, 4.69) is 13.8 Å². The lowest BCUT2D eigenvalue weighted by Crippen LogP contribution is -2.42. The van der Waals surface area contributed by atoms with Gasteiger partial charge >= 0.3 is 0 Å². The predicted octanol–water partition coefficient (Wildman–Crippen LogP) is 4.51. The Bertz CT molecular complexity index is 1090. The average Bonchev–Trinajstić information content (AvgIpc) is 2.97. The van der Waals surface area contributed by atoms with Crippen molar-refractivity contribution in [1.29, 1.82) is 0 Å².